The smallest absolute Gasteiger partial charge is 0.126 e. The third-order valence-corrected chi connectivity index (χ3v) is 2.67. The van der Waals surface area contributed by atoms with Crippen molar-refractivity contribution in [3.05, 3.63) is 0 Å². The molecule has 1 fully saturated rings. The fraction of sp³-hybridized carbons (Fsp3) is 1.00. The quantitative estimate of drug-likeness (QED) is 0.320. The van der Waals surface area contributed by atoms with Crippen LogP contribution in [0.4, 0.5) is 0 Å². The van der Waals surface area contributed by atoms with E-state index in [9.17, 15) is 5.11 Å². The van der Waals surface area contributed by atoms with E-state index in [0.717, 1.165) is 0 Å². The summed E-state index contributed by atoms with van der Waals surface area (Å²) in [5.74, 6) is -0.868. The summed E-state index contributed by atoms with van der Waals surface area (Å²) in [7, 11) is 0. The average molecular weight is 178 g/mol. The number of hydrogen-bond acceptors (Lipinski definition) is 5. The van der Waals surface area contributed by atoms with Crippen molar-refractivity contribution in [1.82, 2.24) is 0 Å². The molecular formula is C7H14O5. The van der Waals surface area contributed by atoms with Gasteiger partial charge < -0.3 is 25.5 Å². The lowest BCUT2D eigenvalue weighted by molar-refractivity contribution is -0.298. The van der Waals surface area contributed by atoms with Gasteiger partial charge in [-0.05, 0) is 6.92 Å². The van der Waals surface area contributed by atoms with E-state index in [1.165, 1.54) is 6.92 Å². The summed E-state index contributed by atoms with van der Waals surface area (Å²) in [6, 6.07) is 0. The molecule has 0 aromatic heterocycles. The Morgan fingerprint density at radius 1 is 1.42 bits per heavy atom. The average Bonchev–Trinajstić information content (AvgIpc) is 2.04. The summed E-state index contributed by atoms with van der Waals surface area (Å²) in [5.41, 5.74) is -1.77. The molecular weight excluding hydrogens is 164 g/mol. The molecule has 0 heterocycles. The summed E-state index contributed by atoms with van der Waals surface area (Å²) < 4.78 is 0. The summed E-state index contributed by atoms with van der Waals surface area (Å²) >= 11 is 0. The zero-order valence-corrected chi connectivity index (χ0v) is 6.75. The molecule has 1 aliphatic rings. The number of aliphatic hydroxyl groups excluding tert-OH is 4. The minimum Gasteiger partial charge on any atom is -0.396 e. The highest BCUT2D eigenvalue weighted by Crippen LogP contribution is 2.41. The molecule has 0 aromatic carbocycles. The number of aliphatic hydroxyl groups is 5. The molecule has 3 unspecified atom stereocenters. The molecule has 5 atom stereocenters. The van der Waals surface area contributed by atoms with Gasteiger partial charge in [0.2, 0.25) is 0 Å². The number of rotatable bonds is 2. The number of hydrogen-bond donors (Lipinski definition) is 5. The van der Waals surface area contributed by atoms with Crippen LogP contribution in [0.15, 0.2) is 0 Å². The van der Waals surface area contributed by atoms with Gasteiger partial charge in [-0.3, -0.25) is 0 Å². The van der Waals surface area contributed by atoms with E-state index in [1.54, 1.807) is 0 Å². The third kappa shape index (κ3) is 0.982. The Hall–Kier alpha value is -0.200. The van der Waals surface area contributed by atoms with Crippen molar-refractivity contribution < 1.29 is 25.5 Å². The van der Waals surface area contributed by atoms with Crippen molar-refractivity contribution in [2.75, 3.05) is 6.61 Å². The van der Waals surface area contributed by atoms with Gasteiger partial charge in [0.15, 0.2) is 0 Å². The molecule has 72 valence electrons. The first-order chi connectivity index (χ1) is 5.46. The van der Waals surface area contributed by atoms with E-state index in [1.807, 2.05) is 0 Å². The zero-order valence-electron chi connectivity index (χ0n) is 6.75. The van der Waals surface area contributed by atoms with Crippen LogP contribution in [-0.2, 0) is 0 Å². The second-order valence-electron chi connectivity index (χ2n) is 3.29. The molecule has 5 heteroatoms. The van der Waals surface area contributed by atoms with Gasteiger partial charge in [-0.25, -0.2) is 0 Å². The van der Waals surface area contributed by atoms with Crippen molar-refractivity contribution >= 4 is 0 Å². The van der Waals surface area contributed by atoms with E-state index in [2.05, 4.69) is 0 Å². The summed E-state index contributed by atoms with van der Waals surface area (Å²) in [5, 5.41) is 45.6. The van der Waals surface area contributed by atoms with Crippen LogP contribution in [0.5, 0.6) is 0 Å². The molecule has 0 radical (unpaired) electrons. The molecule has 1 aliphatic carbocycles. The molecule has 0 amide bonds. The van der Waals surface area contributed by atoms with Crippen LogP contribution in [0.2, 0.25) is 0 Å². The Labute approximate surface area is 69.9 Å². The fourth-order valence-corrected chi connectivity index (χ4v) is 1.68. The highest BCUT2D eigenvalue weighted by molar-refractivity contribution is 5.12. The van der Waals surface area contributed by atoms with Crippen molar-refractivity contribution in [3.63, 3.8) is 0 Å². The van der Waals surface area contributed by atoms with Crippen LogP contribution in [0.3, 0.4) is 0 Å². The lowest BCUT2D eigenvalue weighted by Crippen LogP contribution is -2.75. The van der Waals surface area contributed by atoms with E-state index in [4.69, 9.17) is 20.4 Å². The first-order valence-corrected chi connectivity index (χ1v) is 3.83. The Morgan fingerprint density at radius 2 is 1.92 bits per heavy atom. The van der Waals surface area contributed by atoms with Crippen LogP contribution in [0.25, 0.3) is 0 Å². The maximum atomic E-state index is 9.57. The first-order valence-electron chi connectivity index (χ1n) is 3.83. The third-order valence-electron chi connectivity index (χ3n) is 2.67. The largest absolute Gasteiger partial charge is 0.396 e. The summed E-state index contributed by atoms with van der Waals surface area (Å²) in [6.45, 7) is 0.845. The highest BCUT2D eigenvalue weighted by atomic mass is 16.4. The summed E-state index contributed by atoms with van der Waals surface area (Å²) in [6.07, 6.45) is -3.71. The van der Waals surface area contributed by atoms with Crippen LogP contribution >= 0.6 is 0 Å². The lowest BCUT2D eigenvalue weighted by Gasteiger charge is -2.54. The zero-order chi connectivity index (χ0) is 9.52. The van der Waals surface area contributed by atoms with Gasteiger partial charge in [0.1, 0.15) is 11.7 Å². The normalized spacial score (nSPS) is 50.0. The predicted molar refractivity (Wildman–Crippen MR) is 39.2 cm³/mol. The molecule has 1 saturated carbocycles. The molecule has 5 N–H and O–H groups in total. The van der Waals surface area contributed by atoms with E-state index >= 15 is 0 Å². The van der Waals surface area contributed by atoms with Gasteiger partial charge >= 0.3 is 0 Å². The van der Waals surface area contributed by atoms with E-state index in [0.29, 0.717) is 0 Å². The van der Waals surface area contributed by atoms with Gasteiger partial charge in [-0.2, -0.15) is 0 Å². The Morgan fingerprint density at radius 3 is 2.17 bits per heavy atom. The molecule has 12 heavy (non-hydrogen) atoms. The molecule has 5 nitrogen and oxygen atoms in total. The van der Waals surface area contributed by atoms with Gasteiger partial charge in [-0.1, -0.05) is 0 Å². The topological polar surface area (TPSA) is 101 Å². The first kappa shape index (κ1) is 9.88. The van der Waals surface area contributed by atoms with Crippen molar-refractivity contribution in [2.24, 2.45) is 5.92 Å². The predicted octanol–water partition coefficient (Wildman–Crippen LogP) is -2.56. The molecule has 0 aromatic rings. The Balaban J connectivity index is 2.76. The minimum atomic E-state index is -1.77. The minimum absolute atomic E-state index is 0.459. The second-order valence-corrected chi connectivity index (χ2v) is 3.29. The molecule has 0 bridgehead atoms. The van der Waals surface area contributed by atoms with Crippen molar-refractivity contribution in [3.8, 4) is 0 Å². The second kappa shape index (κ2) is 2.93. The maximum absolute atomic E-state index is 9.57. The standard InChI is InChI=1S/C7H14O5/c1-3(9)7(12)4(2-8)5(10)6(7)11/h3-6,8-12H,2H2,1H3/t3-,4?,5-,6?,7?/m0/s1. The van der Waals surface area contributed by atoms with Crippen molar-refractivity contribution in [2.45, 2.75) is 30.8 Å². The molecule has 0 saturated heterocycles. The van der Waals surface area contributed by atoms with E-state index in [-0.39, 0.29) is 0 Å². The molecule has 1 rings (SSSR count). The molecule has 0 spiro atoms. The van der Waals surface area contributed by atoms with Gasteiger partial charge in [0.25, 0.3) is 0 Å². The van der Waals surface area contributed by atoms with Gasteiger partial charge in [-0.15, -0.1) is 0 Å². The Bertz CT molecular complexity index is 171. The molecule has 0 aliphatic heterocycles. The highest BCUT2D eigenvalue weighted by Gasteiger charge is 2.62. The summed E-state index contributed by atoms with van der Waals surface area (Å²) in [4.78, 5) is 0. The fourth-order valence-electron chi connectivity index (χ4n) is 1.68. The monoisotopic (exact) mass is 178 g/mol. The Kier molecular flexibility index (Phi) is 2.42. The van der Waals surface area contributed by atoms with Crippen LogP contribution in [0, 0.1) is 5.92 Å². The van der Waals surface area contributed by atoms with Crippen molar-refractivity contribution in [1.29, 1.82) is 0 Å². The maximum Gasteiger partial charge on any atom is 0.126 e. The lowest BCUT2D eigenvalue weighted by atomic mass is 9.62. The van der Waals surface area contributed by atoms with Gasteiger partial charge in [0.05, 0.1) is 18.8 Å². The van der Waals surface area contributed by atoms with Crippen LogP contribution in [0.1, 0.15) is 6.92 Å². The SMILES string of the molecule is C[C@H](O)C1(O)C(O)[C@@H](O)C1CO. The van der Waals surface area contributed by atoms with Crippen LogP contribution in [-0.4, -0.2) is 56.1 Å². The van der Waals surface area contributed by atoms with Gasteiger partial charge in [0, 0.05) is 5.92 Å². The van der Waals surface area contributed by atoms with Crippen LogP contribution < -0.4 is 0 Å². The van der Waals surface area contributed by atoms with E-state index < -0.39 is 36.4 Å².